The van der Waals surface area contributed by atoms with Gasteiger partial charge in [0.2, 0.25) is 11.8 Å². The number of halogens is 1. The summed E-state index contributed by atoms with van der Waals surface area (Å²) >= 11 is 0. The van der Waals surface area contributed by atoms with Crippen LogP contribution in [-0.4, -0.2) is 52.1 Å². The first kappa shape index (κ1) is 34.4. The van der Waals surface area contributed by atoms with Crippen molar-refractivity contribution in [1.82, 2.24) is 25.3 Å². The number of nitrogens with one attached hydrogen (secondary N) is 2. The Bertz CT molecular complexity index is 1680. The summed E-state index contributed by atoms with van der Waals surface area (Å²) in [5, 5.41) is 12.8. The molecular weight excluding hydrogens is 604 g/mol. The fraction of sp³-hybridized carbons (Fsp3) is 0.323. The molecule has 0 radical (unpaired) electrons. The largest absolute Gasteiger partial charge is 0.478 e. The second-order valence-corrected chi connectivity index (χ2v) is 13.1. The summed E-state index contributed by atoms with van der Waals surface area (Å²) in [5.41, 5.74) is 3.03. The maximum Gasteiger partial charge on any atom is 0.335 e. The molecule has 44 heavy (non-hydrogen) atoms. The van der Waals surface area contributed by atoms with E-state index in [0.717, 1.165) is 29.2 Å². The molecule has 13 heteroatoms. The van der Waals surface area contributed by atoms with Crippen LogP contribution >= 0.6 is 12.4 Å². The van der Waals surface area contributed by atoms with Crippen LogP contribution in [0.25, 0.3) is 11.3 Å². The molecule has 0 aliphatic heterocycles. The summed E-state index contributed by atoms with van der Waals surface area (Å²) in [7, 11) is -4.22. The molecule has 0 saturated carbocycles. The zero-order valence-electron chi connectivity index (χ0n) is 25.2. The van der Waals surface area contributed by atoms with Gasteiger partial charge in [-0.1, -0.05) is 45.0 Å². The Hall–Kier alpha value is -4.13. The second kappa shape index (κ2) is 14.6. The summed E-state index contributed by atoms with van der Waals surface area (Å²) < 4.78 is 35.1. The van der Waals surface area contributed by atoms with Gasteiger partial charge in [0.1, 0.15) is 12.4 Å². The number of carboxylic acid groups (broad SMARTS) is 1. The highest BCUT2D eigenvalue weighted by Gasteiger charge is 2.22. The molecule has 2 heterocycles. The van der Waals surface area contributed by atoms with Crippen molar-refractivity contribution < 1.29 is 23.1 Å². The van der Waals surface area contributed by atoms with Gasteiger partial charge in [-0.2, -0.15) is 4.98 Å². The lowest BCUT2D eigenvalue weighted by Crippen LogP contribution is -2.38. The molecule has 0 unspecified atom stereocenters. The molecule has 0 fully saturated rings. The predicted octanol–water partition coefficient (Wildman–Crippen LogP) is 5.44. The normalized spacial score (nSPS) is 12.2. The molecule has 234 valence electrons. The molecule has 0 bridgehead atoms. The Kier molecular flexibility index (Phi) is 11.4. The van der Waals surface area contributed by atoms with Crippen LogP contribution in [0.2, 0.25) is 0 Å². The van der Waals surface area contributed by atoms with Gasteiger partial charge in [-0.05, 0) is 61.1 Å². The second-order valence-electron chi connectivity index (χ2n) is 11.4. The summed E-state index contributed by atoms with van der Waals surface area (Å²) in [6.07, 6.45) is 4.15. The van der Waals surface area contributed by atoms with Gasteiger partial charge in [-0.3, -0.25) is 0 Å². The van der Waals surface area contributed by atoms with Crippen molar-refractivity contribution in [3.63, 3.8) is 0 Å². The number of aryl methyl sites for hydroxylation is 2. The van der Waals surface area contributed by atoms with Gasteiger partial charge in [0.15, 0.2) is 0 Å². The monoisotopic (exact) mass is 640 g/mol. The Morgan fingerprint density at radius 1 is 0.977 bits per heavy atom. The summed E-state index contributed by atoms with van der Waals surface area (Å²) in [6.45, 7) is 11.0. The van der Waals surface area contributed by atoms with Crippen LogP contribution in [0.3, 0.4) is 0 Å². The van der Waals surface area contributed by atoms with Crippen molar-refractivity contribution in [3.8, 4) is 17.1 Å². The number of hydrogen-bond donors (Lipinski definition) is 3. The molecule has 0 aliphatic carbocycles. The molecule has 4 aromatic rings. The van der Waals surface area contributed by atoms with Gasteiger partial charge in [0.25, 0.3) is 10.0 Å². The van der Waals surface area contributed by atoms with E-state index in [4.69, 9.17) is 4.74 Å². The van der Waals surface area contributed by atoms with Crippen molar-refractivity contribution in [2.75, 3.05) is 11.3 Å². The maximum atomic E-state index is 13.3. The minimum Gasteiger partial charge on any atom is -0.478 e. The van der Waals surface area contributed by atoms with Crippen molar-refractivity contribution >= 4 is 34.3 Å². The number of ether oxygens (including phenoxy) is 1. The Morgan fingerprint density at radius 3 is 2.27 bits per heavy atom. The zero-order chi connectivity index (χ0) is 31.2. The van der Waals surface area contributed by atoms with Crippen molar-refractivity contribution in [2.45, 2.75) is 58.5 Å². The van der Waals surface area contributed by atoms with E-state index in [1.807, 2.05) is 32.0 Å². The van der Waals surface area contributed by atoms with Gasteiger partial charge in [-0.25, -0.2) is 32.9 Å². The molecule has 3 N–H and O–H groups in total. The minimum atomic E-state index is -4.22. The number of anilines is 1. The number of aromatic nitrogens is 4. The van der Waals surface area contributed by atoms with Gasteiger partial charge < -0.3 is 15.2 Å². The number of sulfonamides is 1. The van der Waals surface area contributed by atoms with Crippen LogP contribution in [0.4, 0.5) is 5.95 Å². The Labute approximate surface area is 264 Å². The molecule has 11 nitrogen and oxygen atoms in total. The predicted molar refractivity (Wildman–Crippen MR) is 171 cm³/mol. The van der Waals surface area contributed by atoms with Crippen LogP contribution in [0.15, 0.2) is 71.9 Å². The molecule has 2 aromatic heterocycles. The first-order valence-electron chi connectivity index (χ1n) is 13.7. The highest BCUT2D eigenvalue weighted by Crippen LogP contribution is 2.30. The topological polar surface area (TPSA) is 156 Å². The molecule has 4 rings (SSSR count). The zero-order valence-corrected chi connectivity index (χ0v) is 26.9. The lowest BCUT2D eigenvalue weighted by Gasteiger charge is -2.26. The minimum absolute atomic E-state index is 0. The van der Waals surface area contributed by atoms with Gasteiger partial charge in [0.05, 0.1) is 22.7 Å². The van der Waals surface area contributed by atoms with E-state index < -0.39 is 16.0 Å². The quantitative estimate of drug-likeness (QED) is 0.182. The third kappa shape index (κ3) is 9.43. The number of carboxylic acids is 1. The third-order valence-corrected chi connectivity index (χ3v) is 7.84. The van der Waals surface area contributed by atoms with Crippen LogP contribution in [0.1, 0.15) is 54.5 Å². The molecule has 0 spiro atoms. The summed E-state index contributed by atoms with van der Waals surface area (Å²) in [5.74, 6) is -0.599. The van der Waals surface area contributed by atoms with Crippen LogP contribution in [0, 0.1) is 19.3 Å². The fourth-order valence-electron chi connectivity index (χ4n) is 4.64. The fourth-order valence-corrected chi connectivity index (χ4v) is 5.63. The standard InChI is InChI=1S/C31H36N6O5S.ClH/c1-20-9-6-10-21(2)28(20)25-16-27(42-19-23(17-31(3,4)5)34-18-26-32-13-8-14-33-26)36-30(35-25)37-43(40,41)24-12-7-11-22(15-24)29(38)39;/h6-16,23,34H,17-19H2,1-5H3,(H,38,39)(H,35,36,37);1H/t23-;/m1./s1. The number of rotatable bonds is 12. The molecule has 2 aromatic carbocycles. The average Bonchev–Trinajstić information content (AvgIpc) is 2.94. The number of hydrogen-bond acceptors (Lipinski definition) is 9. The van der Waals surface area contributed by atoms with E-state index >= 15 is 0 Å². The number of carbonyl (C=O) groups is 1. The lowest BCUT2D eigenvalue weighted by molar-refractivity contribution is 0.0696. The SMILES string of the molecule is Cc1cccc(C)c1-c1cc(OC[C@@H](CC(C)(C)C)NCc2ncccn2)nc(NS(=O)(=O)c2cccc(C(=O)O)c2)n1.Cl. The average molecular weight is 641 g/mol. The highest BCUT2D eigenvalue weighted by atomic mass is 35.5. The molecule has 0 aliphatic rings. The number of aromatic carboxylic acids is 1. The van der Waals surface area contributed by atoms with E-state index in [1.165, 1.54) is 18.2 Å². The van der Waals surface area contributed by atoms with Crippen LogP contribution in [0.5, 0.6) is 5.88 Å². The van der Waals surface area contributed by atoms with Crippen molar-refractivity contribution in [1.29, 1.82) is 0 Å². The molecule has 1 atom stereocenters. The van der Waals surface area contributed by atoms with E-state index in [9.17, 15) is 18.3 Å². The van der Waals surface area contributed by atoms with Crippen molar-refractivity contribution in [2.24, 2.45) is 5.41 Å². The van der Waals surface area contributed by atoms with Gasteiger partial charge in [0, 0.05) is 30.1 Å². The van der Waals surface area contributed by atoms with E-state index in [2.05, 4.69) is 50.7 Å². The first-order valence-corrected chi connectivity index (χ1v) is 15.2. The number of benzene rings is 2. The first-order chi connectivity index (χ1) is 20.3. The molecule has 0 amide bonds. The van der Waals surface area contributed by atoms with Crippen LogP contribution in [-0.2, 0) is 16.6 Å². The van der Waals surface area contributed by atoms with Crippen molar-refractivity contribution in [3.05, 3.63) is 89.5 Å². The van der Waals surface area contributed by atoms with Gasteiger partial charge in [-0.15, -0.1) is 12.4 Å². The third-order valence-electron chi connectivity index (χ3n) is 6.52. The van der Waals surface area contributed by atoms with E-state index in [1.54, 1.807) is 24.5 Å². The van der Waals surface area contributed by atoms with E-state index in [-0.39, 0.29) is 52.8 Å². The van der Waals surface area contributed by atoms with Gasteiger partial charge >= 0.3 is 5.97 Å². The Morgan fingerprint density at radius 2 is 1.64 bits per heavy atom. The maximum absolute atomic E-state index is 13.3. The molecule has 0 saturated heterocycles. The summed E-state index contributed by atoms with van der Waals surface area (Å²) in [4.78, 5) is 28.7. The van der Waals surface area contributed by atoms with Crippen LogP contribution < -0.4 is 14.8 Å². The Balaban J connectivity index is 0.00000529. The van der Waals surface area contributed by atoms with E-state index in [0.29, 0.717) is 18.1 Å². The lowest BCUT2D eigenvalue weighted by atomic mass is 9.88. The highest BCUT2D eigenvalue weighted by molar-refractivity contribution is 7.92. The summed E-state index contributed by atoms with van der Waals surface area (Å²) in [6, 6.07) is 14.2. The smallest absolute Gasteiger partial charge is 0.335 e. The molecular formula is C31H37ClN6O5S. The number of nitrogens with zero attached hydrogens (tertiary/aromatic N) is 4.